The summed E-state index contributed by atoms with van der Waals surface area (Å²) in [6.07, 6.45) is 12.6. The smallest absolute Gasteiger partial charge is 0.310 e. The predicted octanol–water partition coefficient (Wildman–Crippen LogP) is 5.08. The largest absolute Gasteiger partial charge is 0.469 e. The van der Waals surface area contributed by atoms with E-state index in [4.69, 9.17) is 0 Å². The molecule has 0 atom stereocenters. The average Bonchev–Trinajstić information content (AvgIpc) is 2.68. The van der Waals surface area contributed by atoms with E-state index in [1.807, 2.05) is 18.2 Å². The highest BCUT2D eigenvalue weighted by Gasteiger charge is 2.15. The van der Waals surface area contributed by atoms with Crippen molar-refractivity contribution in [2.75, 3.05) is 7.11 Å². The van der Waals surface area contributed by atoms with Crippen molar-refractivity contribution < 1.29 is 9.53 Å². The van der Waals surface area contributed by atoms with E-state index in [0.717, 1.165) is 17.5 Å². The summed E-state index contributed by atoms with van der Waals surface area (Å²) in [7, 11) is 1.33. The molecule has 0 N–H and O–H groups in total. The van der Waals surface area contributed by atoms with Gasteiger partial charge in [0.05, 0.1) is 19.6 Å². The Morgan fingerprint density at radius 1 is 1.31 bits per heavy atom. The summed E-state index contributed by atoms with van der Waals surface area (Å²) in [5.74, 6) is -0.412. The van der Waals surface area contributed by atoms with Crippen molar-refractivity contribution in [3.05, 3.63) is 76.9 Å². The summed E-state index contributed by atoms with van der Waals surface area (Å²) >= 11 is 0. The van der Waals surface area contributed by atoms with Crippen LogP contribution in [0.3, 0.4) is 0 Å². The van der Waals surface area contributed by atoms with Crippen LogP contribution >= 0.6 is 0 Å². The lowest BCUT2D eigenvalue weighted by molar-refractivity contribution is -0.139. The minimum Gasteiger partial charge on any atom is -0.469 e. The summed E-state index contributed by atoms with van der Waals surface area (Å²) < 4.78 is 4.67. The van der Waals surface area contributed by atoms with Gasteiger partial charge in [0.25, 0.3) is 0 Å². The maximum absolute atomic E-state index is 11.5. The van der Waals surface area contributed by atoms with Crippen LogP contribution in [0.25, 0.3) is 29.0 Å². The van der Waals surface area contributed by atoms with Crippen LogP contribution in [0.2, 0.25) is 0 Å². The highest BCUT2D eigenvalue weighted by molar-refractivity contribution is 6.00. The van der Waals surface area contributed by atoms with Crippen molar-refractivity contribution in [3.8, 4) is 6.07 Å². The molecule has 0 saturated carbocycles. The van der Waals surface area contributed by atoms with Gasteiger partial charge in [-0.25, -0.2) is 0 Å². The van der Waals surface area contributed by atoms with E-state index in [1.54, 1.807) is 12.2 Å². The number of hydrogen-bond acceptors (Lipinski definition) is 3. The Labute approximate surface area is 153 Å². The summed E-state index contributed by atoms with van der Waals surface area (Å²) in [6, 6.07) is 10.4. The lowest BCUT2D eigenvalue weighted by atomic mass is 9.86. The van der Waals surface area contributed by atoms with Crippen LogP contribution in [-0.2, 0) is 16.0 Å². The van der Waals surface area contributed by atoms with Crippen molar-refractivity contribution in [2.45, 2.75) is 12.8 Å². The van der Waals surface area contributed by atoms with Gasteiger partial charge < -0.3 is 4.74 Å². The molecule has 3 rings (SSSR count). The molecule has 2 aromatic carbocycles. The molecule has 26 heavy (non-hydrogen) atoms. The Hall–Kier alpha value is -3.38. The van der Waals surface area contributed by atoms with Gasteiger partial charge in [0.2, 0.25) is 0 Å². The molecule has 0 fully saturated rings. The lowest BCUT2D eigenvalue weighted by Crippen LogP contribution is -2.02. The Morgan fingerprint density at radius 3 is 2.77 bits per heavy atom. The van der Waals surface area contributed by atoms with E-state index in [-0.39, 0.29) is 6.42 Å². The average molecular weight is 341 g/mol. The molecule has 0 amide bonds. The first kappa shape index (κ1) is 17.4. The highest BCUT2D eigenvalue weighted by atomic mass is 16.5. The second kappa shape index (κ2) is 7.67. The van der Waals surface area contributed by atoms with E-state index in [9.17, 15) is 10.1 Å². The van der Waals surface area contributed by atoms with E-state index in [2.05, 4.69) is 47.7 Å². The molecule has 0 bridgehead atoms. The van der Waals surface area contributed by atoms with Crippen molar-refractivity contribution in [1.82, 2.24) is 0 Å². The molecule has 0 aromatic heterocycles. The van der Waals surface area contributed by atoms with Gasteiger partial charge in [0, 0.05) is 5.57 Å². The van der Waals surface area contributed by atoms with Crippen LogP contribution in [0, 0.1) is 11.3 Å². The van der Waals surface area contributed by atoms with E-state index >= 15 is 0 Å². The fourth-order valence-electron chi connectivity index (χ4n) is 3.24. The van der Waals surface area contributed by atoms with E-state index in [1.165, 1.54) is 29.0 Å². The monoisotopic (exact) mass is 341 g/mol. The van der Waals surface area contributed by atoms with Gasteiger partial charge in [-0.2, -0.15) is 5.26 Å². The zero-order chi connectivity index (χ0) is 18.5. The van der Waals surface area contributed by atoms with Gasteiger partial charge in [-0.3, -0.25) is 4.79 Å². The number of nitrogens with zero attached hydrogens (tertiary/aromatic N) is 1. The molecule has 3 nitrogen and oxygen atoms in total. The van der Waals surface area contributed by atoms with Crippen LogP contribution in [-0.4, -0.2) is 13.1 Å². The Kier molecular flexibility index (Phi) is 5.15. The summed E-state index contributed by atoms with van der Waals surface area (Å²) in [5, 5.41) is 11.7. The van der Waals surface area contributed by atoms with Gasteiger partial charge in [-0.05, 0) is 45.5 Å². The minimum absolute atomic E-state index is 0.0186. The molecule has 1 aliphatic carbocycles. The van der Waals surface area contributed by atoms with E-state index in [0.29, 0.717) is 5.57 Å². The molecule has 3 heteroatoms. The Bertz CT molecular complexity index is 1020. The number of methoxy groups -OCH3 is 1. The van der Waals surface area contributed by atoms with E-state index < -0.39 is 5.97 Å². The number of carbonyl (C=O) groups is 1. The van der Waals surface area contributed by atoms with Crippen LogP contribution in [0.15, 0.2) is 54.6 Å². The highest BCUT2D eigenvalue weighted by Crippen LogP contribution is 2.34. The fraction of sp³-hybridized carbons (Fsp3) is 0.130. The summed E-state index contributed by atoms with van der Waals surface area (Å²) in [4.78, 5) is 11.5. The van der Waals surface area contributed by atoms with Crippen LogP contribution in [0.4, 0.5) is 0 Å². The molecule has 128 valence electrons. The maximum atomic E-state index is 11.5. The minimum atomic E-state index is -0.412. The zero-order valence-corrected chi connectivity index (χ0v) is 14.7. The van der Waals surface area contributed by atoms with Crippen molar-refractivity contribution in [3.63, 3.8) is 0 Å². The predicted molar refractivity (Wildman–Crippen MR) is 106 cm³/mol. The molecule has 0 unspecified atom stereocenters. The van der Waals surface area contributed by atoms with Crippen molar-refractivity contribution in [1.29, 1.82) is 5.26 Å². The normalized spacial score (nSPS) is 13.0. The molecular weight excluding hydrogens is 322 g/mol. The molecule has 1 aliphatic rings. The zero-order valence-electron chi connectivity index (χ0n) is 14.7. The quantitative estimate of drug-likeness (QED) is 0.433. The SMILES string of the molecule is C=C/C=C\c1ccc2ccc(/C=C(\C#N)CC(=O)OC)c3c2c1C=CC3. The first-order valence-corrected chi connectivity index (χ1v) is 8.39. The lowest BCUT2D eigenvalue weighted by Gasteiger charge is -2.18. The van der Waals surface area contributed by atoms with Crippen LogP contribution in [0.5, 0.6) is 0 Å². The van der Waals surface area contributed by atoms with Gasteiger partial charge in [-0.1, -0.05) is 61.2 Å². The number of nitriles is 1. The first-order chi connectivity index (χ1) is 12.7. The number of esters is 1. The molecule has 0 radical (unpaired) electrons. The van der Waals surface area contributed by atoms with Crippen molar-refractivity contribution in [2.24, 2.45) is 0 Å². The van der Waals surface area contributed by atoms with Crippen molar-refractivity contribution >= 4 is 35.0 Å². The second-order valence-electron chi connectivity index (χ2n) is 6.04. The summed E-state index contributed by atoms with van der Waals surface area (Å²) in [5.41, 5.74) is 4.83. The number of benzene rings is 2. The Balaban J connectivity index is 2.17. The molecule has 2 aromatic rings. The maximum Gasteiger partial charge on any atom is 0.310 e. The van der Waals surface area contributed by atoms with Gasteiger partial charge in [0.1, 0.15) is 0 Å². The number of rotatable bonds is 5. The second-order valence-corrected chi connectivity index (χ2v) is 6.04. The first-order valence-electron chi connectivity index (χ1n) is 8.39. The van der Waals surface area contributed by atoms with Gasteiger partial charge in [0.15, 0.2) is 0 Å². The van der Waals surface area contributed by atoms with Crippen LogP contribution in [0.1, 0.15) is 28.7 Å². The molecule has 0 saturated heterocycles. The number of carbonyl (C=O) groups excluding carboxylic acids is 1. The number of allylic oxidation sites excluding steroid dienone is 3. The standard InChI is InChI=1S/C23H19NO2/c1-3-4-6-17-9-10-18-11-12-19(13-16(15-24)14-22(25)26-2)21-8-5-7-20(17)23(18)21/h3-7,9-13H,1,8,14H2,2H3/b6-4-,16-13-. The molecule has 0 spiro atoms. The molecule has 0 heterocycles. The fourth-order valence-corrected chi connectivity index (χ4v) is 3.24. The third kappa shape index (κ3) is 3.36. The summed E-state index contributed by atoms with van der Waals surface area (Å²) in [6.45, 7) is 3.73. The number of hydrogen-bond donors (Lipinski definition) is 0. The Morgan fingerprint density at radius 2 is 2.08 bits per heavy atom. The third-order valence-electron chi connectivity index (χ3n) is 4.46. The van der Waals surface area contributed by atoms with Crippen LogP contribution < -0.4 is 0 Å². The van der Waals surface area contributed by atoms with Gasteiger partial charge in [-0.15, -0.1) is 0 Å². The molecular formula is C23H19NO2. The molecule has 0 aliphatic heterocycles. The number of ether oxygens (including phenoxy) is 1. The third-order valence-corrected chi connectivity index (χ3v) is 4.46. The topological polar surface area (TPSA) is 50.1 Å². The van der Waals surface area contributed by atoms with Gasteiger partial charge >= 0.3 is 5.97 Å².